The number of hydrogen-bond donors (Lipinski definition) is 1. The summed E-state index contributed by atoms with van der Waals surface area (Å²) in [6.07, 6.45) is 8.12. The number of phenolic OH excluding ortho intramolecular Hbond substituents is 1. The molecule has 0 amide bonds. The monoisotopic (exact) mass is 458 g/mol. The van der Waals surface area contributed by atoms with Crippen LogP contribution in [0.15, 0.2) is 47.4 Å². The van der Waals surface area contributed by atoms with Crippen molar-refractivity contribution in [2.45, 2.75) is 58.9 Å². The highest BCUT2D eigenvalue weighted by atomic mass is 16.3. The standard InChI is InChI=1S/C28H34N4O2/c1-18-12-22(24(33)14-21(18)19-8-11-31(4)26(34)13-19)23-6-7-25(30-29-23)32(5)20-15-27(2)9-10-28(3,16-20)17-27/h6-8,11-14,20,33H,9-10,15-17H2,1-5H3/t20?,27-,28+. The first-order chi connectivity index (χ1) is 16.1. The van der Waals surface area contributed by atoms with Crippen LogP contribution in [0.1, 0.15) is 51.5 Å². The van der Waals surface area contributed by atoms with Gasteiger partial charge in [0, 0.05) is 38.0 Å². The fraction of sp³-hybridized carbons (Fsp3) is 0.464. The second-order valence-electron chi connectivity index (χ2n) is 11.3. The second-order valence-corrected chi connectivity index (χ2v) is 11.3. The number of aromatic nitrogens is 3. The van der Waals surface area contributed by atoms with Gasteiger partial charge in [0.15, 0.2) is 5.82 Å². The zero-order valence-corrected chi connectivity index (χ0v) is 20.8. The molecule has 0 aliphatic heterocycles. The minimum atomic E-state index is -0.0833. The van der Waals surface area contributed by atoms with E-state index < -0.39 is 0 Å². The van der Waals surface area contributed by atoms with Crippen molar-refractivity contribution in [3.63, 3.8) is 0 Å². The van der Waals surface area contributed by atoms with E-state index >= 15 is 0 Å². The van der Waals surface area contributed by atoms with E-state index in [1.54, 1.807) is 25.4 Å². The Morgan fingerprint density at radius 3 is 2.35 bits per heavy atom. The molecular formula is C28H34N4O2. The van der Waals surface area contributed by atoms with Crippen molar-refractivity contribution in [3.8, 4) is 28.1 Å². The van der Waals surface area contributed by atoms with Gasteiger partial charge < -0.3 is 14.6 Å². The molecule has 6 nitrogen and oxygen atoms in total. The van der Waals surface area contributed by atoms with Gasteiger partial charge in [0.2, 0.25) is 0 Å². The average molecular weight is 459 g/mol. The van der Waals surface area contributed by atoms with Crippen molar-refractivity contribution < 1.29 is 5.11 Å². The van der Waals surface area contributed by atoms with Gasteiger partial charge in [-0.15, -0.1) is 10.2 Å². The molecule has 2 aliphatic rings. The van der Waals surface area contributed by atoms with E-state index in [9.17, 15) is 9.90 Å². The first-order valence-corrected chi connectivity index (χ1v) is 12.1. The summed E-state index contributed by atoms with van der Waals surface area (Å²) in [4.78, 5) is 14.3. The molecule has 0 saturated heterocycles. The summed E-state index contributed by atoms with van der Waals surface area (Å²) in [6.45, 7) is 6.86. The van der Waals surface area contributed by atoms with Crippen LogP contribution in [-0.2, 0) is 7.05 Å². The lowest BCUT2D eigenvalue weighted by Crippen LogP contribution is -2.42. The van der Waals surface area contributed by atoms with Crippen molar-refractivity contribution in [2.24, 2.45) is 17.9 Å². The zero-order valence-electron chi connectivity index (χ0n) is 20.8. The van der Waals surface area contributed by atoms with Crippen LogP contribution < -0.4 is 10.5 Å². The zero-order chi connectivity index (χ0) is 24.3. The third-order valence-corrected chi connectivity index (χ3v) is 8.24. The van der Waals surface area contributed by atoms with E-state index in [-0.39, 0.29) is 11.3 Å². The van der Waals surface area contributed by atoms with Crippen LogP contribution in [0.25, 0.3) is 22.4 Å². The Morgan fingerprint density at radius 1 is 1.03 bits per heavy atom. The fourth-order valence-electron chi connectivity index (χ4n) is 6.42. The van der Waals surface area contributed by atoms with Gasteiger partial charge in [0.1, 0.15) is 5.75 Å². The van der Waals surface area contributed by atoms with Gasteiger partial charge in [0.05, 0.1) is 5.69 Å². The predicted molar refractivity (Wildman–Crippen MR) is 136 cm³/mol. The summed E-state index contributed by atoms with van der Waals surface area (Å²) in [7, 11) is 3.85. The van der Waals surface area contributed by atoms with Gasteiger partial charge in [0.25, 0.3) is 5.56 Å². The minimum Gasteiger partial charge on any atom is -0.507 e. The fourth-order valence-corrected chi connectivity index (χ4v) is 6.42. The van der Waals surface area contributed by atoms with Crippen LogP contribution in [0.2, 0.25) is 0 Å². The molecule has 2 fully saturated rings. The molecule has 1 unspecified atom stereocenters. The third kappa shape index (κ3) is 3.99. The van der Waals surface area contributed by atoms with E-state index in [0.717, 1.165) is 22.5 Å². The molecule has 178 valence electrons. The molecule has 34 heavy (non-hydrogen) atoms. The van der Waals surface area contributed by atoms with Crippen molar-refractivity contribution in [3.05, 3.63) is 58.5 Å². The van der Waals surface area contributed by atoms with Gasteiger partial charge in [-0.25, -0.2) is 0 Å². The van der Waals surface area contributed by atoms with Crippen molar-refractivity contribution >= 4 is 5.82 Å². The molecule has 2 heterocycles. The third-order valence-electron chi connectivity index (χ3n) is 8.24. The lowest BCUT2D eigenvalue weighted by molar-refractivity contribution is 0.148. The second kappa shape index (κ2) is 7.97. The Bertz CT molecular complexity index is 1280. The summed E-state index contributed by atoms with van der Waals surface area (Å²) in [5.41, 5.74) is 4.65. The molecule has 2 bridgehead atoms. The van der Waals surface area contributed by atoms with E-state index in [2.05, 4.69) is 36.0 Å². The topological polar surface area (TPSA) is 71.2 Å². The first kappa shape index (κ1) is 22.6. The molecule has 3 aromatic rings. The van der Waals surface area contributed by atoms with E-state index in [4.69, 9.17) is 0 Å². The predicted octanol–water partition coefficient (Wildman–Crippen LogP) is 5.32. The molecule has 6 heteroatoms. The Kier molecular flexibility index (Phi) is 5.30. The van der Waals surface area contributed by atoms with E-state index in [1.165, 1.54) is 36.7 Å². The summed E-state index contributed by atoms with van der Waals surface area (Å²) >= 11 is 0. The maximum atomic E-state index is 12.1. The van der Waals surface area contributed by atoms with Crippen LogP contribution >= 0.6 is 0 Å². The Morgan fingerprint density at radius 2 is 1.74 bits per heavy atom. The number of aromatic hydroxyl groups is 1. The summed E-state index contributed by atoms with van der Waals surface area (Å²) < 4.78 is 1.53. The highest BCUT2D eigenvalue weighted by Crippen LogP contribution is 2.58. The SMILES string of the molecule is Cc1cc(-c2ccc(N(C)C3C[C@]4(C)CC[C@](C)(C3)C4)nn2)c(O)cc1-c1ccn(C)c(=O)c1. The molecule has 1 N–H and O–H groups in total. The molecule has 2 aliphatic carbocycles. The number of phenols is 1. The largest absolute Gasteiger partial charge is 0.507 e. The summed E-state index contributed by atoms with van der Waals surface area (Å²) in [5.74, 6) is 0.997. The number of aryl methyl sites for hydroxylation is 2. The lowest BCUT2D eigenvalue weighted by Gasteiger charge is -2.44. The van der Waals surface area contributed by atoms with Crippen molar-refractivity contribution in [1.82, 2.24) is 14.8 Å². The maximum Gasteiger partial charge on any atom is 0.250 e. The summed E-state index contributed by atoms with van der Waals surface area (Å²) in [5, 5.41) is 19.8. The van der Waals surface area contributed by atoms with Crippen molar-refractivity contribution in [1.29, 1.82) is 0 Å². The molecule has 3 atom stereocenters. The number of nitrogens with zero attached hydrogens (tertiary/aromatic N) is 4. The Hall–Kier alpha value is -3.15. The number of anilines is 1. The molecule has 0 spiro atoms. The van der Waals surface area contributed by atoms with Gasteiger partial charge in [-0.05, 0) is 96.9 Å². The summed E-state index contributed by atoms with van der Waals surface area (Å²) in [6, 6.07) is 11.5. The maximum absolute atomic E-state index is 12.1. The minimum absolute atomic E-state index is 0.0833. The quantitative estimate of drug-likeness (QED) is 0.573. The highest BCUT2D eigenvalue weighted by Gasteiger charge is 2.50. The smallest absolute Gasteiger partial charge is 0.250 e. The van der Waals surface area contributed by atoms with Crippen LogP contribution in [-0.4, -0.2) is 33.0 Å². The van der Waals surface area contributed by atoms with E-state index in [1.807, 2.05) is 31.2 Å². The molecule has 2 aromatic heterocycles. The lowest BCUT2D eigenvalue weighted by atomic mass is 9.68. The van der Waals surface area contributed by atoms with Crippen LogP contribution in [0.5, 0.6) is 5.75 Å². The molecule has 1 aromatic carbocycles. The van der Waals surface area contributed by atoms with Gasteiger partial charge in [-0.1, -0.05) is 13.8 Å². The molecule has 0 radical (unpaired) electrons. The highest BCUT2D eigenvalue weighted by molar-refractivity contribution is 5.77. The van der Waals surface area contributed by atoms with Crippen LogP contribution in [0, 0.1) is 17.8 Å². The number of fused-ring (bicyclic) bond motifs is 2. The molecule has 2 saturated carbocycles. The number of pyridine rings is 1. The molecule has 5 rings (SSSR count). The number of hydrogen-bond acceptors (Lipinski definition) is 5. The first-order valence-electron chi connectivity index (χ1n) is 12.1. The van der Waals surface area contributed by atoms with Gasteiger partial charge in [-0.3, -0.25) is 4.79 Å². The molecular weight excluding hydrogens is 424 g/mol. The average Bonchev–Trinajstić information content (AvgIpc) is 3.03. The number of rotatable bonds is 4. The Labute approximate surface area is 201 Å². The van der Waals surface area contributed by atoms with E-state index in [0.29, 0.717) is 28.1 Å². The van der Waals surface area contributed by atoms with Crippen molar-refractivity contribution in [2.75, 3.05) is 11.9 Å². The van der Waals surface area contributed by atoms with Crippen LogP contribution in [0.4, 0.5) is 5.82 Å². The van der Waals surface area contributed by atoms with Gasteiger partial charge >= 0.3 is 0 Å². The van der Waals surface area contributed by atoms with Gasteiger partial charge in [-0.2, -0.15) is 0 Å². The normalized spacial score (nSPS) is 26.0. The Balaban J connectivity index is 1.40. The van der Waals surface area contributed by atoms with Crippen LogP contribution in [0.3, 0.4) is 0 Å². The number of benzene rings is 1.